The van der Waals surface area contributed by atoms with Gasteiger partial charge in [-0.3, -0.25) is 0 Å². The van der Waals surface area contributed by atoms with E-state index in [1.54, 1.807) is 0 Å². The molecular weight excluding hydrogens is 176 g/mol. The zero-order valence-corrected chi connectivity index (χ0v) is 7.73. The Hall–Kier alpha value is -0.130. The van der Waals surface area contributed by atoms with Gasteiger partial charge in [0.15, 0.2) is 0 Å². The Morgan fingerprint density at radius 1 is 1.33 bits per heavy atom. The third-order valence-corrected chi connectivity index (χ3v) is 3.88. The molecule has 4 nitrogen and oxygen atoms in total. The molecule has 1 aliphatic heterocycles. The fourth-order valence-electron chi connectivity index (χ4n) is 1.27. The summed E-state index contributed by atoms with van der Waals surface area (Å²) in [7, 11) is -2.97. The van der Waals surface area contributed by atoms with Gasteiger partial charge in [-0.25, -0.2) is 13.1 Å². The molecule has 2 fully saturated rings. The number of hydrogen-bond donors (Lipinski definition) is 2. The van der Waals surface area contributed by atoms with Crippen LogP contribution in [0.25, 0.3) is 0 Å². The van der Waals surface area contributed by atoms with E-state index in [4.69, 9.17) is 0 Å². The van der Waals surface area contributed by atoms with E-state index in [2.05, 4.69) is 10.0 Å². The Bertz CT molecular complexity index is 255. The Morgan fingerprint density at radius 2 is 2.00 bits per heavy atom. The molecule has 1 saturated carbocycles. The monoisotopic (exact) mass is 190 g/mol. The Labute approximate surface area is 72.8 Å². The van der Waals surface area contributed by atoms with Gasteiger partial charge in [0, 0.05) is 19.1 Å². The molecule has 0 spiro atoms. The standard InChI is InChI=1S/C7H14N2O2S/c10-12(11,5-6-1-2-6)9-7-3-8-4-7/h6-9H,1-5H2. The second kappa shape index (κ2) is 2.97. The van der Waals surface area contributed by atoms with Crippen LogP contribution in [0.2, 0.25) is 0 Å². The highest BCUT2D eigenvalue weighted by Crippen LogP contribution is 2.30. The summed E-state index contributed by atoms with van der Waals surface area (Å²) >= 11 is 0. The minimum absolute atomic E-state index is 0.147. The third kappa shape index (κ3) is 2.18. The van der Waals surface area contributed by atoms with E-state index in [0.29, 0.717) is 11.7 Å². The van der Waals surface area contributed by atoms with Crippen molar-refractivity contribution in [1.29, 1.82) is 0 Å². The molecule has 2 rings (SSSR count). The summed E-state index contributed by atoms with van der Waals surface area (Å²) in [4.78, 5) is 0. The zero-order valence-electron chi connectivity index (χ0n) is 6.91. The maximum Gasteiger partial charge on any atom is 0.212 e. The van der Waals surface area contributed by atoms with Crippen molar-refractivity contribution in [2.75, 3.05) is 18.8 Å². The molecule has 2 N–H and O–H groups in total. The average Bonchev–Trinajstić information content (AvgIpc) is 2.62. The van der Waals surface area contributed by atoms with E-state index in [0.717, 1.165) is 25.9 Å². The summed E-state index contributed by atoms with van der Waals surface area (Å²) in [5, 5.41) is 3.03. The Balaban J connectivity index is 1.82. The minimum atomic E-state index is -2.97. The SMILES string of the molecule is O=S(=O)(CC1CC1)NC1CNC1. The molecule has 1 saturated heterocycles. The van der Waals surface area contributed by atoms with Crippen LogP contribution in [0.4, 0.5) is 0 Å². The molecule has 1 heterocycles. The molecule has 0 atom stereocenters. The molecule has 12 heavy (non-hydrogen) atoms. The minimum Gasteiger partial charge on any atom is -0.313 e. The van der Waals surface area contributed by atoms with E-state index in [9.17, 15) is 8.42 Å². The highest BCUT2D eigenvalue weighted by Gasteiger charge is 2.30. The van der Waals surface area contributed by atoms with Crippen LogP contribution in [-0.4, -0.2) is 33.3 Å². The maximum absolute atomic E-state index is 11.3. The van der Waals surface area contributed by atoms with E-state index >= 15 is 0 Å². The predicted octanol–water partition coefficient (Wildman–Crippen LogP) is -0.712. The van der Waals surface area contributed by atoms with Crippen molar-refractivity contribution in [3.63, 3.8) is 0 Å². The second-order valence-electron chi connectivity index (χ2n) is 3.70. The largest absolute Gasteiger partial charge is 0.313 e. The summed E-state index contributed by atoms with van der Waals surface area (Å²) in [5.74, 6) is 0.777. The first-order valence-corrected chi connectivity index (χ1v) is 6.02. The van der Waals surface area contributed by atoms with Gasteiger partial charge >= 0.3 is 0 Å². The Kier molecular flexibility index (Phi) is 2.10. The number of sulfonamides is 1. The van der Waals surface area contributed by atoms with Gasteiger partial charge in [0.2, 0.25) is 10.0 Å². The van der Waals surface area contributed by atoms with Crippen LogP contribution < -0.4 is 10.0 Å². The van der Waals surface area contributed by atoms with Crippen molar-refractivity contribution in [1.82, 2.24) is 10.0 Å². The predicted molar refractivity (Wildman–Crippen MR) is 46.3 cm³/mol. The topological polar surface area (TPSA) is 58.2 Å². The molecule has 5 heteroatoms. The first kappa shape index (κ1) is 8.47. The molecule has 0 amide bonds. The maximum atomic E-state index is 11.3. The highest BCUT2D eigenvalue weighted by molar-refractivity contribution is 7.89. The van der Waals surface area contributed by atoms with E-state index < -0.39 is 10.0 Å². The van der Waals surface area contributed by atoms with Gasteiger partial charge in [-0.2, -0.15) is 0 Å². The normalized spacial score (nSPS) is 25.3. The number of hydrogen-bond acceptors (Lipinski definition) is 3. The molecule has 2 aliphatic rings. The summed E-state index contributed by atoms with van der Waals surface area (Å²) in [6, 6.07) is 0.147. The molecule has 70 valence electrons. The fourth-order valence-corrected chi connectivity index (χ4v) is 2.99. The second-order valence-corrected chi connectivity index (χ2v) is 5.50. The third-order valence-electron chi connectivity index (χ3n) is 2.28. The molecule has 0 bridgehead atoms. The van der Waals surface area contributed by atoms with E-state index in [1.165, 1.54) is 0 Å². The molecule has 0 aromatic rings. The summed E-state index contributed by atoms with van der Waals surface area (Å²) < 4.78 is 25.4. The van der Waals surface area contributed by atoms with Crippen LogP contribution in [0, 0.1) is 5.92 Å². The van der Waals surface area contributed by atoms with Gasteiger partial charge in [0.1, 0.15) is 0 Å². The van der Waals surface area contributed by atoms with Crippen molar-refractivity contribution in [3.8, 4) is 0 Å². The van der Waals surface area contributed by atoms with Crippen LogP contribution in [0.5, 0.6) is 0 Å². The average molecular weight is 190 g/mol. The van der Waals surface area contributed by atoms with Crippen LogP contribution in [0.15, 0.2) is 0 Å². The van der Waals surface area contributed by atoms with Gasteiger partial charge in [-0.15, -0.1) is 0 Å². The van der Waals surface area contributed by atoms with Gasteiger partial charge < -0.3 is 5.32 Å². The van der Waals surface area contributed by atoms with Gasteiger partial charge in [-0.05, 0) is 18.8 Å². The van der Waals surface area contributed by atoms with E-state index in [1.807, 2.05) is 0 Å². The molecule has 0 radical (unpaired) electrons. The zero-order chi connectivity index (χ0) is 8.60. The molecule has 0 aromatic heterocycles. The molecular formula is C7H14N2O2S. The lowest BCUT2D eigenvalue weighted by atomic mass is 10.2. The highest BCUT2D eigenvalue weighted by atomic mass is 32.2. The van der Waals surface area contributed by atoms with Crippen LogP contribution in [0.3, 0.4) is 0 Å². The lowest BCUT2D eigenvalue weighted by molar-refractivity contribution is 0.410. The quantitative estimate of drug-likeness (QED) is 0.615. The first-order valence-electron chi connectivity index (χ1n) is 4.36. The molecule has 0 unspecified atom stereocenters. The lowest BCUT2D eigenvalue weighted by Gasteiger charge is -2.27. The summed E-state index contributed by atoms with van der Waals surface area (Å²) in [6.07, 6.45) is 2.17. The van der Waals surface area contributed by atoms with Crippen LogP contribution in [-0.2, 0) is 10.0 Å². The van der Waals surface area contributed by atoms with Gasteiger partial charge in [0.05, 0.1) is 5.75 Å². The van der Waals surface area contributed by atoms with Crippen molar-refractivity contribution in [2.24, 2.45) is 5.92 Å². The van der Waals surface area contributed by atoms with Crippen molar-refractivity contribution < 1.29 is 8.42 Å². The first-order chi connectivity index (χ1) is 5.66. The number of rotatable bonds is 4. The lowest BCUT2D eigenvalue weighted by Crippen LogP contribution is -2.57. The van der Waals surface area contributed by atoms with Crippen molar-refractivity contribution in [2.45, 2.75) is 18.9 Å². The molecule has 1 aliphatic carbocycles. The Morgan fingerprint density at radius 3 is 2.42 bits per heavy atom. The summed E-state index contributed by atoms with van der Waals surface area (Å²) in [6.45, 7) is 1.56. The van der Waals surface area contributed by atoms with Gasteiger partial charge in [-0.1, -0.05) is 0 Å². The summed E-state index contributed by atoms with van der Waals surface area (Å²) in [5.41, 5.74) is 0. The van der Waals surface area contributed by atoms with Crippen LogP contribution in [0.1, 0.15) is 12.8 Å². The molecule has 0 aromatic carbocycles. The van der Waals surface area contributed by atoms with E-state index in [-0.39, 0.29) is 6.04 Å². The van der Waals surface area contributed by atoms with Crippen molar-refractivity contribution >= 4 is 10.0 Å². The smallest absolute Gasteiger partial charge is 0.212 e. The number of nitrogens with one attached hydrogen (secondary N) is 2. The fraction of sp³-hybridized carbons (Fsp3) is 1.00. The van der Waals surface area contributed by atoms with Crippen LogP contribution >= 0.6 is 0 Å². The van der Waals surface area contributed by atoms with Gasteiger partial charge in [0.25, 0.3) is 0 Å². The van der Waals surface area contributed by atoms with Crippen molar-refractivity contribution in [3.05, 3.63) is 0 Å².